The van der Waals surface area contributed by atoms with E-state index in [1.807, 2.05) is 25.7 Å². The Kier molecular flexibility index (Phi) is 9.30. The van der Waals surface area contributed by atoms with E-state index in [0.717, 1.165) is 26.2 Å². The zero-order valence-electron chi connectivity index (χ0n) is 11.5. The third kappa shape index (κ3) is 5.50. The Balaban J connectivity index is 0.00000106. The van der Waals surface area contributed by atoms with Crippen molar-refractivity contribution in [3.63, 3.8) is 0 Å². The van der Waals surface area contributed by atoms with Crippen molar-refractivity contribution in [3.05, 3.63) is 0 Å². The van der Waals surface area contributed by atoms with Crippen molar-refractivity contribution >= 4 is 5.91 Å². The van der Waals surface area contributed by atoms with Gasteiger partial charge in [-0.05, 0) is 13.0 Å². The summed E-state index contributed by atoms with van der Waals surface area (Å²) in [5, 5.41) is 0. The summed E-state index contributed by atoms with van der Waals surface area (Å²) in [6.45, 7) is 13.3. The highest BCUT2D eigenvalue weighted by atomic mass is 16.2. The molecule has 0 radical (unpaired) electrons. The highest BCUT2D eigenvalue weighted by Crippen LogP contribution is 2.04. The minimum absolute atomic E-state index is 0.306. The maximum absolute atomic E-state index is 11.4. The molecule has 1 amide bonds. The summed E-state index contributed by atoms with van der Waals surface area (Å²) in [4.78, 5) is 15.8. The second kappa shape index (κ2) is 9.64. The van der Waals surface area contributed by atoms with Gasteiger partial charge in [0.2, 0.25) is 5.91 Å². The van der Waals surface area contributed by atoms with Crippen LogP contribution in [-0.4, -0.2) is 48.4 Å². The molecular formula is C13H28N2O. The van der Waals surface area contributed by atoms with E-state index in [2.05, 4.69) is 11.8 Å². The van der Waals surface area contributed by atoms with Crippen LogP contribution in [0.25, 0.3) is 0 Å². The fourth-order valence-corrected chi connectivity index (χ4v) is 1.83. The summed E-state index contributed by atoms with van der Waals surface area (Å²) in [5.74, 6) is 0.306. The molecule has 1 heterocycles. The van der Waals surface area contributed by atoms with Gasteiger partial charge in [-0.1, -0.05) is 34.1 Å². The molecule has 1 aliphatic rings. The van der Waals surface area contributed by atoms with E-state index in [-0.39, 0.29) is 0 Å². The van der Waals surface area contributed by atoms with Gasteiger partial charge >= 0.3 is 0 Å². The molecule has 0 aliphatic carbocycles. The molecule has 3 nitrogen and oxygen atoms in total. The lowest BCUT2D eigenvalue weighted by atomic mass is 10.2. The number of carbonyl (C=O) groups is 1. The number of hydrogen-bond acceptors (Lipinski definition) is 2. The summed E-state index contributed by atoms with van der Waals surface area (Å²) >= 11 is 0. The minimum Gasteiger partial charge on any atom is -0.340 e. The van der Waals surface area contributed by atoms with Gasteiger partial charge in [-0.15, -0.1) is 0 Å². The second-order valence-corrected chi connectivity index (χ2v) is 3.93. The third-order valence-electron chi connectivity index (χ3n) is 2.86. The molecule has 0 bridgehead atoms. The normalized spacial score (nSPS) is 16.6. The smallest absolute Gasteiger partial charge is 0.222 e. The number of rotatable bonds is 4. The van der Waals surface area contributed by atoms with Gasteiger partial charge in [0.1, 0.15) is 0 Å². The Hall–Kier alpha value is -0.570. The molecule has 96 valence electrons. The van der Waals surface area contributed by atoms with Crippen molar-refractivity contribution in [3.8, 4) is 0 Å². The van der Waals surface area contributed by atoms with E-state index in [1.54, 1.807) is 0 Å². The number of piperazine rings is 1. The van der Waals surface area contributed by atoms with Crippen molar-refractivity contribution in [2.45, 2.75) is 47.0 Å². The fraction of sp³-hybridized carbons (Fsp3) is 0.923. The highest BCUT2D eigenvalue weighted by Gasteiger charge is 2.18. The standard InChI is InChI=1S/C11H22N2O.C2H6/c1-3-5-6-12-7-9-13(10-8-12)11(14)4-2;1-2/h3-10H2,1-2H3;1-2H3. The van der Waals surface area contributed by atoms with Crippen LogP contribution in [0.1, 0.15) is 47.0 Å². The highest BCUT2D eigenvalue weighted by molar-refractivity contribution is 5.75. The Morgan fingerprint density at radius 1 is 1.06 bits per heavy atom. The van der Waals surface area contributed by atoms with Gasteiger partial charge in [-0.25, -0.2) is 0 Å². The lowest BCUT2D eigenvalue weighted by Gasteiger charge is -2.34. The van der Waals surface area contributed by atoms with Crippen molar-refractivity contribution in [1.82, 2.24) is 9.80 Å². The molecule has 1 saturated heterocycles. The van der Waals surface area contributed by atoms with Gasteiger partial charge in [-0.3, -0.25) is 9.69 Å². The molecule has 0 aromatic rings. The van der Waals surface area contributed by atoms with E-state index in [0.29, 0.717) is 12.3 Å². The van der Waals surface area contributed by atoms with E-state index in [1.165, 1.54) is 19.4 Å². The molecule has 0 saturated carbocycles. The summed E-state index contributed by atoms with van der Waals surface area (Å²) in [7, 11) is 0. The Morgan fingerprint density at radius 3 is 2.06 bits per heavy atom. The van der Waals surface area contributed by atoms with Gasteiger partial charge < -0.3 is 4.90 Å². The van der Waals surface area contributed by atoms with E-state index < -0.39 is 0 Å². The number of hydrogen-bond donors (Lipinski definition) is 0. The number of carbonyl (C=O) groups excluding carboxylic acids is 1. The maximum Gasteiger partial charge on any atom is 0.222 e. The van der Waals surface area contributed by atoms with Gasteiger partial charge in [0.15, 0.2) is 0 Å². The van der Waals surface area contributed by atoms with Crippen LogP contribution in [-0.2, 0) is 4.79 Å². The monoisotopic (exact) mass is 228 g/mol. The molecule has 1 rings (SSSR count). The first-order chi connectivity index (χ1) is 7.77. The first-order valence-electron chi connectivity index (χ1n) is 6.78. The summed E-state index contributed by atoms with van der Waals surface area (Å²) in [5.41, 5.74) is 0. The zero-order valence-corrected chi connectivity index (χ0v) is 11.5. The van der Waals surface area contributed by atoms with Crippen molar-refractivity contribution < 1.29 is 4.79 Å². The lowest BCUT2D eigenvalue weighted by Crippen LogP contribution is -2.48. The van der Waals surface area contributed by atoms with Crippen LogP contribution in [0.4, 0.5) is 0 Å². The van der Waals surface area contributed by atoms with Crippen LogP contribution < -0.4 is 0 Å². The van der Waals surface area contributed by atoms with Crippen LogP contribution in [0, 0.1) is 0 Å². The first-order valence-corrected chi connectivity index (χ1v) is 6.78. The molecule has 0 unspecified atom stereocenters. The summed E-state index contributed by atoms with van der Waals surface area (Å²) in [6.07, 6.45) is 3.19. The van der Waals surface area contributed by atoms with Gasteiger partial charge in [-0.2, -0.15) is 0 Å². The van der Waals surface area contributed by atoms with Crippen LogP contribution in [0.15, 0.2) is 0 Å². The molecule has 16 heavy (non-hydrogen) atoms. The molecule has 1 aliphatic heterocycles. The first kappa shape index (κ1) is 15.4. The molecular weight excluding hydrogens is 200 g/mol. The molecule has 1 fully saturated rings. The Morgan fingerprint density at radius 2 is 1.62 bits per heavy atom. The predicted molar refractivity (Wildman–Crippen MR) is 69.6 cm³/mol. The van der Waals surface area contributed by atoms with Crippen LogP contribution in [0.2, 0.25) is 0 Å². The molecule has 0 spiro atoms. The van der Waals surface area contributed by atoms with Crippen LogP contribution in [0.3, 0.4) is 0 Å². The quantitative estimate of drug-likeness (QED) is 0.737. The largest absolute Gasteiger partial charge is 0.340 e. The number of nitrogens with zero attached hydrogens (tertiary/aromatic N) is 2. The zero-order chi connectivity index (χ0) is 12.4. The third-order valence-corrected chi connectivity index (χ3v) is 2.86. The minimum atomic E-state index is 0.306. The molecule has 3 heteroatoms. The summed E-state index contributed by atoms with van der Waals surface area (Å²) < 4.78 is 0. The van der Waals surface area contributed by atoms with E-state index in [9.17, 15) is 4.79 Å². The molecule has 0 aromatic heterocycles. The van der Waals surface area contributed by atoms with Crippen molar-refractivity contribution in [1.29, 1.82) is 0 Å². The van der Waals surface area contributed by atoms with Gasteiger partial charge in [0.25, 0.3) is 0 Å². The summed E-state index contributed by atoms with van der Waals surface area (Å²) in [6, 6.07) is 0. The van der Waals surface area contributed by atoms with Crippen molar-refractivity contribution in [2.75, 3.05) is 32.7 Å². The van der Waals surface area contributed by atoms with Gasteiger partial charge in [0, 0.05) is 32.6 Å². The molecule has 0 aromatic carbocycles. The lowest BCUT2D eigenvalue weighted by molar-refractivity contribution is -0.132. The predicted octanol–water partition coefficient (Wildman–Crippen LogP) is 2.37. The average molecular weight is 228 g/mol. The second-order valence-electron chi connectivity index (χ2n) is 3.93. The Bertz CT molecular complexity index is 175. The average Bonchev–Trinajstić information content (AvgIpc) is 2.38. The van der Waals surface area contributed by atoms with Crippen LogP contribution in [0.5, 0.6) is 0 Å². The molecule has 0 atom stereocenters. The maximum atomic E-state index is 11.4. The molecule has 0 N–H and O–H groups in total. The van der Waals surface area contributed by atoms with E-state index in [4.69, 9.17) is 0 Å². The van der Waals surface area contributed by atoms with E-state index >= 15 is 0 Å². The van der Waals surface area contributed by atoms with Crippen molar-refractivity contribution in [2.24, 2.45) is 0 Å². The van der Waals surface area contributed by atoms with Gasteiger partial charge in [0.05, 0.1) is 0 Å². The number of amides is 1. The number of unbranched alkanes of at least 4 members (excludes halogenated alkanes) is 1. The van der Waals surface area contributed by atoms with Crippen LogP contribution >= 0.6 is 0 Å². The fourth-order valence-electron chi connectivity index (χ4n) is 1.83. The Labute approximate surface area is 101 Å². The SMILES string of the molecule is CC.CCCCN1CCN(C(=O)CC)CC1. The topological polar surface area (TPSA) is 23.6 Å².